The van der Waals surface area contributed by atoms with Gasteiger partial charge >= 0.3 is 0 Å². The van der Waals surface area contributed by atoms with E-state index in [2.05, 4.69) is 29.3 Å². The van der Waals surface area contributed by atoms with E-state index in [-0.39, 0.29) is 5.75 Å². The molecule has 5 heteroatoms. The highest BCUT2D eigenvalue weighted by molar-refractivity contribution is 5.55. The molecule has 0 amide bonds. The number of nitrogens with zero attached hydrogens (tertiary/aromatic N) is 2. The summed E-state index contributed by atoms with van der Waals surface area (Å²) < 4.78 is 5.11. The maximum atomic E-state index is 9.18. The quantitative estimate of drug-likeness (QED) is 0.844. The molecule has 0 atom stereocenters. The van der Waals surface area contributed by atoms with Crippen molar-refractivity contribution in [1.29, 1.82) is 0 Å². The minimum absolute atomic E-state index is 0.221. The molecule has 2 rings (SSSR count). The van der Waals surface area contributed by atoms with E-state index in [1.807, 2.05) is 0 Å². The number of phenols is 1. The molecule has 0 aliphatic heterocycles. The molecule has 0 radical (unpaired) electrons. The number of hydrogen-bond donors (Lipinski definition) is 2. The van der Waals surface area contributed by atoms with Crippen molar-refractivity contribution in [1.82, 2.24) is 15.5 Å². The predicted molar refractivity (Wildman–Crippen MR) is 63.4 cm³/mol. The van der Waals surface area contributed by atoms with Crippen molar-refractivity contribution in [2.24, 2.45) is 0 Å². The van der Waals surface area contributed by atoms with E-state index in [0.29, 0.717) is 24.3 Å². The Bertz CT molecular complexity index is 477. The lowest BCUT2D eigenvalue weighted by Crippen LogP contribution is -2.21. The number of rotatable bonds is 4. The minimum atomic E-state index is 0.221. The summed E-state index contributed by atoms with van der Waals surface area (Å²) in [6.07, 6.45) is 0. The third-order valence-electron chi connectivity index (χ3n) is 2.26. The molecule has 0 aliphatic carbocycles. The molecule has 0 fully saturated rings. The van der Waals surface area contributed by atoms with Crippen molar-refractivity contribution < 1.29 is 9.63 Å². The Morgan fingerprint density at radius 2 is 2.00 bits per heavy atom. The van der Waals surface area contributed by atoms with Crippen LogP contribution in [0.25, 0.3) is 11.4 Å². The number of aromatic nitrogens is 2. The van der Waals surface area contributed by atoms with E-state index in [1.165, 1.54) is 0 Å². The highest BCUT2D eigenvalue weighted by Crippen LogP contribution is 2.18. The zero-order valence-electron chi connectivity index (χ0n) is 9.84. The maximum Gasteiger partial charge on any atom is 0.240 e. The third-order valence-corrected chi connectivity index (χ3v) is 2.26. The van der Waals surface area contributed by atoms with Crippen molar-refractivity contribution in [3.05, 3.63) is 30.2 Å². The molecule has 2 aromatic rings. The summed E-state index contributed by atoms with van der Waals surface area (Å²) in [6.45, 7) is 4.66. The summed E-state index contributed by atoms with van der Waals surface area (Å²) in [5, 5.41) is 16.3. The van der Waals surface area contributed by atoms with Gasteiger partial charge in [0.25, 0.3) is 0 Å². The van der Waals surface area contributed by atoms with Crippen molar-refractivity contribution in [2.75, 3.05) is 0 Å². The normalized spacial score (nSPS) is 11.0. The largest absolute Gasteiger partial charge is 0.508 e. The number of nitrogens with one attached hydrogen (secondary N) is 1. The fourth-order valence-electron chi connectivity index (χ4n) is 1.35. The first-order valence-electron chi connectivity index (χ1n) is 5.50. The Morgan fingerprint density at radius 1 is 1.29 bits per heavy atom. The Balaban J connectivity index is 2.10. The van der Waals surface area contributed by atoms with Gasteiger partial charge in [-0.15, -0.1) is 0 Å². The Labute approximate surface area is 99.5 Å². The van der Waals surface area contributed by atoms with Gasteiger partial charge in [-0.25, -0.2) is 0 Å². The molecule has 5 nitrogen and oxygen atoms in total. The summed E-state index contributed by atoms with van der Waals surface area (Å²) in [5.41, 5.74) is 0.822. The molecule has 90 valence electrons. The van der Waals surface area contributed by atoms with Crippen LogP contribution in [-0.4, -0.2) is 21.3 Å². The van der Waals surface area contributed by atoms with Gasteiger partial charge in [0.15, 0.2) is 0 Å². The molecule has 1 aromatic carbocycles. The van der Waals surface area contributed by atoms with E-state index < -0.39 is 0 Å². The van der Waals surface area contributed by atoms with Crippen molar-refractivity contribution in [3.8, 4) is 17.1 Å². The van der Waals surface area contributed by atoms with Crippen LogP contribution in [0.5, 0.6) is 5.75 Å². The second-order valence-electron chi connectivity index (χ2n) is 4.09. The van der Waals surface area contributed by atoms with Crippen molar-refractivity contribution in [2.45, 2.75) is 26.4 Å². The van der Waals surface area contributed by atoms with Crippen LogP contribution in [0.15, 0.2) is 28.8 Å². The van der Waals surface area contributed by atoms with E-state index in [9.17, 15) is 5.11 Å². The van der Waals surface area contributed by atoms with Crippen LogP contribution in [0, 0.1) is 0 Å². The summed E-state index contributed by atoms with van der Waals surface area (Å²) in [4.78, 5) is 4.26. The molecular weight excluding hydrogens is 218 g/mol. The lowest BCUT2D eigenvalue weighted by molar-refractivity contribution is 0.362. The molecule has 0 saturated carbocycles. The van der Waals surface area contributed by atoms with E-state index in [0.717, 1.165) is 5.56 Å². The number of aromatic hydroxyl groups is 1. The molecular formula is C12H15N3O2. The van der Waals surface area contributed by atoms with Crippen molar-refractivity contribution in [3.63, 3.8) is 0 Å². The molecule has 0 unspecified atom stereocenters. The van der Waals surface area contributed by atoms with Crippen LogP contribution in [0.1, 0.15) is 19.7 Å². The first-order valence-corrected chi connectivity index (χ1v) is 5.50. The molecule has 17 heavy (non-hydrogen) atoms. The van der Waals surface area contributed by atoms with Crippen LogP contribution in [0.4, 0.5) is 0 Å². The lowest BCUT2D eigenvalue weighted by atomic mass is 10.2. The predicted octanol–water partition coefficient (Wildman–Crippen LogP) is 1.94. The van der Waals surface area contributed by atoms with E-state index in [1.54, 1.807) is 24.3 Å². The van der Waals surface area contributed by atoms with Gasteiger partial charge < -0.3 is 14.9 Å². The number of benzene rings is 1. The Morgan fingerprint density at radius 3 is 2.65 bits per heavy atom. The van der Waals surface area contributed by atoms with Crippen LogP contribution in [0.2, 0.25) is 0 Å². The van der Waals surface area contributed by atoms with Gasteiger partial charge in [0.1, 0.15) is 5.75 Å². The summed E-state index contributed by atoms with van der Waals surface area (Å²) >= 11 is 0. The zero-order valence-corrected chi connectivity index (χ0v) is 9.84. The smallest absolute Gasteiger partial charge is 0.240 e. The Hall–Kier alpha value is -1.88. The van der Waals surface area contributed by atoms with Crippen LogP contribution in [-0.2, 0) is 6.54 Å². The van der Waals surface area contributed by atoms with Gasteiger partial charge in [-0.05, 0) is 24.3 Å². The fourth-order valence-corrected chi connectivity index (χ4v) is 1.35. The van der Waals surface area contributed by atoms with Crippen LogP contribution < -0.4 is 5.32 Å². The molecule has 1 aromatic heterocycles. The summed E-state index contributed by atoms with van der Waals surface area (Å²) in [7, 11) is 0. The summed E-state index contributed by atoms with van der Waals surface area (Å²) in [5.74, 6) is 1.31. The van der Waals surface area contributed by atoms with Crippen molar-refractivity contribution >= 4 is 0 Å². The molecule has 0 bridgehead atoms. The SMILES string of the molecule is CC(C)NCc1nc(-c2ccc(O)cc2)no1. The van der Waals surface area contributed by atoms with Gasteiger partial charge in [0.2, 0.25) is 11.7 Å². The highest BCUT2D eigenvalue weighted by atomic mass is 16.5. The van der Waals surface area contributed by atoms with Gasteiger partial charge in [-0.3, -0.25) is 0 Å². The third kappa shape index (κ3) is 3.04. The topological polar surface area (TPSA) is 71.2 Å². The first kappa shape index (κ1) is 11.6. The number of hydrogen-bond acceptors (Lipinski definition) is 5. The molecule has 0 aliphatic rings. The van der Waals surface area contributed by atoms with Gasteiger partial charge in [-0.1, -0.05) is 19.0 Å². The van der Waals surface area contributed by atoms with Gasteiger partial charge in [-0.2, -0.15) is 4.98 Å². The summed E-state index contributed by atoms with van der Waals surface area (Å²) in [6, 6.07) is 7.06. The van der Waals surface area contributed by atoms with Crippen LogP contribution >= 0.6 is 0 Å². The standard InChI is InChI=1S/C12H15N3O2/c1-8(2)13-7-11-14-12(15-17-11)9-3-5-10(16)6-4-9/h3-6,8,13,16H,7H2,1-2H3. The number of phenolic OH excluding ortho intramolecular Hbond substituents is 1. The maximum absolute atomic E-state index is 9.18. The van der Waals surface area contributed by atoms with E-state index in [4.69, 9.17) is 4.52 Å². The minimum Gasteiger partial charge on any atom is -0.508 e. The highest BCUT2D eigenvalue weighted by Gasteiger charge is 2.08. The molecule has 2 N–H and O–H groups in total. The van der Waals surface area contributed by atoms with E-state index >= 15 is 0 Å². The Kier molecular flexibility index (Phi) is 3.39. The monoisotopic (exact) mass is 233 g/mol. The second-order valence-corrected chi connectivity index (χ2v) is 4.09. The molecule has 1 heterocycles. The first-order chi connectivity index (χ1) is 8.15. The van der Waals surface area contributed by atoms with Crippen LogP contribution in [0.3, 0.4) is 0 Å². The lowest BCUT2D eigenvalue weighted by Gasteiger charge is -2.02. The second kappa shape index (κ2) is 4.97. The molecule has 0 saturated heterocycles. The average molecular weight is 233 g/mol. The van der Waals surface area contributed by atoms with Gasteiger partial charge in [0, 0.05) is 11.6 Å². The van der Waals surface area contributed by atoms with Gasteiger partial charge in [0.05, 0.1) is 6.54 Å². The average Bonchev–Trinajstić information content (AvgIpc) is 2.76. The zero-order chi connectivity index (χ0) is 12.3. The molecule has 0 spiro atoms. The fraction of sp³-hybridized carbons (Fsp3) is 0.333.